The highest BCUT2D eigenvalue weighted by Crippen LogP contribution is 2.22. The second-order valence-corrected chi connectivity index (χ2v) is 4.19. The maximum atomic E-state index is 11.0. The van der Waals surface area contributed by atoms with Crippen LogP contribution < -0.4 is 5.11 Å². The number of hydrogen-bond acceptors (Lipinski definition) is 2. The number of carboxylic acids is 1. The van der Waals surface area contributed by atoms with E-state index in [1.165, 1.54) is 0 Å². The van der Waals surface area contributed by atoms with Crippen molar-refractivity contribution in [2.45, 2.75) is 20.8 Å². The molecule has 0 atom stereocenters. The molecule has 3 nitrogen and oxygen atoms in total. The zero-order valence-corrected chi connectivity index (χ0v) is 10.2. The van der Waals surface area contributed by atoms with E-state index in [4.69, 9.17) is 0 Å². The summed E-state index contributed by atoms with van der Waals surface area (Å²) in [6.45, 7) is 5.80. The standard InChI is InChI=1S/C14H15NO2/c1-9-7-8-10(2)15(9)13-6-4-5-12(11(13)3)14(16)17/h4-8H,1-3H3,(H,16,17)/p-1. The molecule has 0 bridgehead atoms. The molecule has 0 aliphatic carbocycles. The van der Waals surface area contributed by atoms with Crippen LogP contribution in [0.4, 0.5) is 0 Å². The maximum absolute atomic E-state index is 11.0. The first-order valence-corrected chi connectivity index (χ1v) is 5.48. The summed E-state index contributed by atoms with van der Waals surface area (Å²) in [5.74, 6) is -1.13. The van der Waals surface area contributed by atoms with E-state index < -0.39 is 5.97 Å². The summed E-state index contributed by atoms with van der Waals surface area (Å²) >= 11 is 0. The molecule has 17 heavy (non-hydrogen) atoms. The van der Waals surface area contributed by atoms with E-state index in [1.54, 1.807) is 19.1 Å². The van der Waals surface area contributed by atoms with Crippen molar-refractivity contribution in [3.8, 4) is 5.69 Å². The fourth-order valence-corrected chi connectivity index (χ4v) is 2.14. The quantitative estimate of drug-likeness (QED) is 0.786. The molecule has 0 N–H and O–H groups in total. The van der Waals surface area contributed by atoms with E-state index in [1.807, 2.05) is 36.6 Å². The van der Waals surface area contributed by atoms with Crippen molar-refractivity contribution in [2.24, 2.45) is 0 Å². The Hall–Kier alpha value is -2.03. The maximum Gasteiger partial charge on any atom is 0.0718 e. The first-order valence-electron chi connectivity index (χ1n) is 5.48. The number of benzene rings is 1. The van der Waals surface area contributed by atoms with Gasteiger partial charge in [0.2, 0.25) is 0 Å². The molecule has 0 unspecified atom stereocenters. The molecular formula is C14H14NO2-. The van der Waals surface area contributed by atoms with Gasteiger partial charge in [0.05, 0.1) is 5.97 Å². The summed E-state index contributed by atoms with van der Waals surface area (Å²) in [7, 11) is 0. The Morgan fingerprint density at radius 1 is 1.06 bits per heavy atom. The van der Waals surface area contributed by atoms with E-state index >= 15 is 0 Å². The van der Waals surface area contributed by atoms with Gasteiger partial charge in [0.25, 0.3) is 0 Å². The van der Waals surface area contributed by atoms with Gasteiger partial charge in [-0.25, -0.2) is 0 Å². The zero-order chi connectivity index (χ0) is 12.6. The zero-order valence-electron chi connectivity index (χ0n) is 10.2. The highest BCUT2D eigenvalue weighted by molar-refractivity contribution is 5.88. The van der Waals surface area contributed by atoms with E-state index in [9.17, 15) is 9.90 Å². The topological polar surface area (TPSA) is 45.1 Å². The smallest absolute Gasteiger partial charge is 0.0718 e. The van der Waals surface area contributed by atoms with Crippen LogP contribution in [0.5, 0.6) is 0 Å². The lowest BCUT2D eigenvalue weighted by molar-refractivity contribution is -0.255. The third kappa shape index (κ3) is 1.84. The average molecular weight is 228 g/mol. The predicted molar refractivity (Wildman–Crippen MR) is 64.3 cm³/mol. The molecule has 0 saturated heterocycles. The Morgan fingerprint density at radius 2 is 1.65 bits per heavy atom. The van der Waals surface area contributed by atoms with E-state index in [2.05, 4.69) is 0 Å². The summed E-state index contributed by atoms with van der Waals surface area (Å²) in [6, 6.07) is 9.26. The molecule has 1 aromatic heterocycles. The van der Waals surface area contributed by atoms with Gasteiger partial charge >= 0.3 is 0 Å². The lowest BCUT2D eigenvalue weighted by Crippen LogP contribution is -2.23. The Kier molecular flexibility index (Phi) is 2.76. The molecule has 0 spiro atoms. The van der Waals surface area contributed by atoms with Crippen molar-refractivity contribution in [1.29, 1.82) is 0 Å². The Labute approximate surface area is 100 Å². The largest absolute Gasteiger partial charge is 0.545 e. The van der Waals surface area contributed by atoms with Gasteiger partial charge in [0.1, 0.15) is 0 Å². The highest BCUT2D eigenvalue weighted by atomic mass is 16.4. The summed E-state index contributed by atoms with van der Waals surface area (Å²) in [6.07, 6.45) is 0. The van der Waals surface area contributed by atoms with Crippen LogP contribution in [0.15, 0.2) is 30.3 Å². The van der Waals surface area contributed by atoms with Gasteiger partial charge in [-0.3, -0.25) is 0 Å². The summed E-state index contributed by atoms with van der Waals surface area (Å²) < 4.78 is 2.04. The van der Waals surface area contributed by atoms with Crippen molar-refractivity contribution in [2.75, 3.05) is 0 Å². The normalized spacial score (nSPS) is 10.5. The molecule has 0 aliphatic rings. The minimum Gasteiger partial charge on any atom is -0.545 e. The van der Waals surface area contributed by atoms with Crippen LogP contribution in [-0.4, -0.2) is 10.5 Å². The second-order valence-electron chi connectivity index (χ2n) is 4.19. The van der Waals surface area contributed by atoms with E-state index in [-0.39, 0.29) is 5.56 Å². The number of carbonyl (C=O) groups excluding carboxylic acids is 1. The van der Waals surface area contributed by atoms with Gasteiger partial charge in [0, 0.05) is 22.6 Å². The molecule has 2 aromatic rings. The van der Waals surface area contributed by atoms with Crippen LogP contribution in [0.25, 0.3) is 5.69 Å². The third-order valence-electron chi connectivity index (χ3n) is 3.04. The SMILES string of the molecule is Cc1c(C(=O)[O-])cccc1-n1c(C)ccc1C. The Bertz CT molecular complexity index is 562. The van der Waals surface area contributed by atoms with E-state index in [0.29, 0.717) is 0 Å². The van der Waals surface area contributed by atoms with Crippen LogP contribution in [0.3, 0.4) is 0 Å². The number of aromatic carboxylic acids is 1. The molecule has 1 aromatic carbocycles. The van der Waals surface area contributed by atoms with Crippen molar-refractivity contribution in [1.82, 2.24) is 4.57 Å². The molecule has 0 aliphatic heterocycles. The summed E-state index contributed by atoms with van der Waals surface area (Å²) in [5.41, 5.74) is 4.04. The van der Waals surface area contributed by atoms with Crippen LogP contribution in [-0.2, 0) is 0 Å². The van der Waals surface area contributed by atoms with Crippen molar-refractivity contribution < 1.29 is 9.90 Å². The summed E-state index contributed by atoms with van der Waals surface area (Å²) in [4.78, 5) is 11.0. The fraction of sp³-hybridized carbons (Fsp3) is 0.214. The van der Waals surface area contributed by atoms with Crippen LogP contribution >= 0.6 is 0 Å². The van der Waals surface area contributed by atoms with Crippen molar-refractivity contribution in [3.05, 3.63) is 52.8 Å². The van der Waals surface area contributed by atoms with Crippen molar-refractivity contribution in [3.63, 3.8) is 0 Å². The van der Waals surface area contributed by atoms with Gasteiger partial charge in [-0.05, 0) is 44.5 Å². The molecule has 0 saturated carbocycles. The van der Waals surface area contributed by atoms with Gasteiger partial charge < -0.3 is 14.5 Å². The molecular weight excluding hydrogens is 214 g/mol. The minimum atomic E-state index is -1.13. The number of hydrogen-bond donors (Lipinski definition) is 0. The van der Waals surface area contributed by atoms with Gasteiger partial charge in [-0.15, -0.1) is 0 Å². The van der Waals surface area contributed by atoms with Crippen molar-refractivity contribution >= 4 is 5.97 Å². The number of carboxylic acid groups (broad SMARTS) is 1. The third-order valence-corrected chi connectivity index (χ3v) is 3.04. The van der Waals surface area contributed by atoms with E-state index in [0.717, 1.165) is 22.6 Å². The molecule has 1 heterocycles. The predicted octanol–water partition coefficient (Wildman–Crippen LogP) is 1.77. The second kappa shape index (κ2) is 4.09. The van der Waals surface area contributed by atoms with Crippen LogP contribution in [0.2, 0.25) is 0 Å². The fourth-order valence-electron chi connectivity index (χ4n) is 2.14. The number of rotatable bonds is 2. The Balaban J connectivity index is 2.69. The number of aryl methyl sites for hydroxylation is 2. The van der Waals surface area contributed by atoms with Gasteiger partial charge in [-0.2, -0.15) is 0 Å². The number of carbonyl (C=O) groups is 1. The molecule has 0 radical (unpaired) electrons. The lowest BCUT2D eigenvalue weighted by Gasteiger charge is -2.16. The number of aromatic nitrogens is 1. The summed E-state index contributed by atoms with van der Waals surface area (Å²) in [5, 5.41) is 11.0. The molecule has 2 rings (SSSR count). The Morgan fingerprint density at radius 3 is 2.18 bits per heavy atom. The first kappa shape index (κ1) is 11.5. The van der Waals surface area contributed by atoms with Crippen LogP contribution in [0, 0.1) is 20.8 Å². The number of nitrogens with zero attached hydrogens (tertiary/aromatic N) is 1. The lowest BCUT2D eigenvalue weighted by atomic mass is 10.1. The first-order chi connectivity index (χ1) is 8.02. The minimum absolute atomic E-state index is 0.245. The average Bonchev–Trinajstić information content (AvgIpc) is 2.59. The molecule has 0 fully saturated rings. The molecule has 3 heteroatoms. The monoisotopic (exact) mass is 228 g/mol. The molecule has 88 valence electrons. The highest BCUT2D eigenvalue weighted by Gasteiger charge is 2.09. The van der Waals surface area contributed by atoms with Crippen LogP contribution in [0.1, 0.15) is 27.3 Å². The van der Waals surface area contributed by atoms with Gasteiger partial charge in [-0.1, -0.05) is 12.1 Å². The molecule has 0 amide bonds. The van der Waals surface area contributed by atoms with Gasteiger partial charge in [0.15, 0.2) is 0 Å².